The SMILES string of the molecule is Cc1ccc(F)cc1NS(N)(=O)=O. The maximum absolute atomic E-state index is 12.6. The Hall–Kier alpha value is -1.14. The van der Waals surface area contributed by atoms with Gasteiger partial charge in [0.25, 0.3) is 10.2 Å². The molecule has 0 bridgehead atoms. The number of hydrogen-bond acceptors (Lipinski definition) is 2. The molecule has 0 atom stereocenters. The summed E-state index contributed by atoms with van der Waals surface area (Å²) in [6, 6.07) is 3.77. The van der Waals surface area contributed by atoms with Gasteiger partial charge in [-0.15, -0.1) is 0 Å². The number of halogens is 1. The highest BCUT2D eigenvalue weighted by Gasteiger charge is 2.05. The van der Waals surface area contributed by atoms with Crippen LogP contribution in [-0.2, 0) is 10.2 Å². The highest BCUT2D eigenvalue weighted by molar-refractivity contribution is 7.90. The molecule has 0 aliphatic heterocycles. The minimum Gasteiger partial charge on any atom is -0.271 e. The Balaban J connectivity index is 3.08. The van der Waals surface area contributed by atoms with E-state index in [1.54, 1.807) is 6.92 Å². The van der Waals surface area contributed by atoms with Gasteiger partial charge in [-0.1, -0.05) is 6.07 Å². The topological polar surface area (TPSA) is 72.2 Å². The smallest absolute Gasteiger partial charge is 0.271 e. The van der Waals surface area contributed by atoms with Crippen LogP contribution in [0.15, 0.2) is 18.2 Å². The van der Waals surface area contributed by atoms with Gasteiger partial charge in [0.2, 0.25) is 0 Å². The fourth-order valence-corrected chi connectivity index (χ4v) is 1.38. The molecule has 4 nitrogen and oxygen atoms in total. The second-order valence-electron chi connectivity index (χ2n) is 2.61. The van der Waals surface area contributed by atoms with Gasteiger partial charge in [0.05, 0.1) is 5.69 Å². The van der Waals surface area contributed by atoms with Gasteiger partial charge in [0.1, 0.15) is 5.82 Å². The summed E-state index contributed by atoms with van der Waals surface area (Å²) in [6.07, 6.45) is 0. The summed E-state index contributed by atoms with van der Waals surface area (Å²) < 4.78 is 35.9. The van der Waals surface area contributed by atoms with Crippen LogP contribution in [0.25, 0.3) is 0 Å². The average molecular weight is 204 g/mol. The van der Waals surface area contributed by atoms with Crippen molar-refractivity contribution in [2.75, 3.05) is 4.72 Å². The summed E-state index contributed by atoms with van der Waals surface area (Å²) in [6.45, 7) is 1.65. The van der Waals surface area contributed by atoms with Crippen LogP contribution >= 0.6 is 0 Å². The van der Waals surface area contributed by atoms with E-state index in [-0.39, 0.29) is 5.69 Å². The van der Waals surface area contributed by atoms with Crippen LogP contribution in [0.1, 0.15) is 5.56 Å². The van der Waals surface area contributed by atoms with Gasteiger partial charge < -0.3 is 0 Å². The first-order valence-electron chi connectivity index (χ1n) is 3.45. The lowest BCUT2D eigenvalue weighted by atomic mass is 10.2. The number of hydrogen-bond donors (Lipinski definition) is 2. The van der Waals surface area contributed by atoms with Crippen LogP contribution < -0.4 is 9.86 Å². The zero-order valence-electron chi connectivity index (χ0n) is 6.91. The van der Waals surface area contributed by atoms with Crippen LogP contribution in [0, 0.1) is 12.7 Å². The number of nitrogens with one attached hydrogen (secondary N) is 1. The van der Waals surface area contributed by atoms with Crippen molar-refractivity contribution < 1.29 is 12.8 Å². The van der Waals surface area contributed by atoms with Gasteiger partial charge in [-0.2, -0.15) is 8.42 Å². The maximum Gasteiger partial charge on any atom is 0.296 e. The third kappa shape index (κ3) is 3.00. The van der Waals surface area contributed by atoms with Crippen LogP contribution in [0.5, 0.6) is 0 Å². The van der Waals surface area contributed by atoms with Crippen LogP contribution in [-0.4, -0.2) is 8.42 Å². The maximum atomic E-state index is 12.6. The molecule has 0 radical (unpaired) electrons. The molecule has 0 aliphatic carbocycles. The van der Waals surface area contributed by atoms with E-state index in [0.29, 0.717) is 5.56 Å². The van der Waals surface area contributed by atoms with Crippen LogP contribution in [0.4, 0.5) is 10.1 Å². The standard InChI is InChI=1S/C7H9FN2O2S/c1-5-2-3-6(8)4-7(5)10-13(9,11)12/h2-4,10H,1H3,(H2,9,11,12). The Bertz CT molecular complexity index is 417. The van der Waals surface area contributed by atoms with Crippen molar-refractivity contribution in [1.82, 2.24) is 0 Å². The highest BCUT2D eigenvalue weighted by atomic mass is 32.2. The molecule has 72 valence electrons. The van der Waals surface area contributed by atoms with Crippen molar-refractivity contribution in [2.24, 2.45) is 5.14 Å². The lowest BCUT2D eigenvalue weighted by molar-refractivity contribution is 0.602. The van der Waals surface area contributed by atoms with Crippen molar-refractivity contribution in [3.8, 4) is 0 Å². The Morgan fingerprint density at radius 3 is 2.62 bits per heavy atom. The lowest BCUT2D eigenvalue weighted by Gasteiger charge is -2.06. The molecule has 0 amide bonds. The highest BCUT2D eigenvalue weighted by Crippen LogP contribution is 2.16. The zero-order valence-corrected chi connectivity index (χ0v) is 7.73. The van der Waals surface area contributed by atoms with Crippen molar-refractivity contribution in [2.45, 2.75) is 6.92 Å². The van der Waals surface area contributed by atoms with Gasteiger partial charge in [-0.25, -0.2) is 9.53 Å². The number of nitrogens with two attached hydrogens (primary N) is 1. The predicted octanol–water partition coefficient (Wildman–Crippen LogP) is 0.750. The Morgan fingerprint density at radius 2 is 2.08 bits per heavy atom. The zero-order chi connectivity index (χ0) is 10.1. The Labute approximate surface area is 75.7 Å². The first kappa shape index (κ1) is 9.94. The number of benzene rings is 1. The summed E-state index contributed by atoms with van der Waals surface area (Å²) in [5.74, 6) is -0.517. The molecule has 0 aliphatic rings. The van der Waals surface area contributed by atoms with E-state index in [0.717, 1.165) is 6.07 Å². The average Bonchev–Trinajstić information content (AvgIpc) is 1.94. The molecule has 0 fully saturated rings. The minimum atomic E-state index is -3.83. The number of rotatable bonds is 2. The normalized spacial score (nSPS) is 11.3. The van der Waals surface area contributed by atoms with E-state index >= 15 is 0 Å². The third-order valence-electron chi connectivity index (χ3n) is 1.45. The lowest BCUT2D eigenvalue weighted by Crippen LogP contribution is -2.22. The molecule has 0 aromatic heterocycles. The van der Waals surface area contributed by atoms with Gasteiger partial charge in [-0.3, -0.25) is 4.72 Å². The molecule has 13 heavy (non-hydrogen) atoms. The van der Waals surface area contributed by atoms with Gasteiger partial charge in [0.15, 0.2) is 0 Å². The van der Waals surface area contributed by atoms with Crippen molar-refractivity contribution in [3.63, 3.8) is 0 Å². The van der Waals surface area contributed by atoms with Crippen molar-refractivity contribution in [3.05, 3.63) is 29.6 Å². The molecule has 1 rings (SSSR count). The molecule has 3 N–H and O–H groups in total. The Morgan fingerprint density at radius 1 is 1.46 bits per heavy atom. The largest absolute Gasteiger partial charge is 0.296 e. The second-order valence-corrected chi connectivity index (χ2v) is 3.90. The first-order valence-corrected chi connectivity index (χ1v) is 5.00. The van der Waals surface area contributed by atoms with E-state index in [1.165, 1.54) is 12.1 Å². The summed E-state index contributed by atoms with van der Waals surface area (Å²) in [5, 5.41) is 4.73. The quantitative estimate of drug-likeness (QED) is 0.746. The molecular weight excluding hydrogens is 195 g/mol. The molecule has 1 aromatic carbocycles. The van der Waals surface area contributed by atoms with E-state index in [1.807, 2.05) is 4.72 Å². The fraction of sp³-hybridized carbons (Fsp3) is 0.143. The van der Waals surface area contributed by atoms with Crippen LogP contribution in [0.2, 0.25) is 0 Å². The predicted molar refractivity (Wildman–Crippen MR) is 47.9 cm³/mol. The van der Waals surface area contributed by atoms with Crippen LogP contribution in [0.3, 0.4) is 0 Å². The first-order chi connectivity index (χ1) is 5.88. The summed E-state index contributed by atoms with van der Waals surface area (Å²) in [5.41, 5.74) is 0.762. The van der Waals surface area contributed by atoms with Gasteiger partial charge in [-0.05, 0) is 24.6 Å². The van der Waals surface area contributed by atoms with E-state index in [4.69, 9.17) is 5.14 Å². The molecule has 6 heteroatoms. The summed E-state index contributed by atoms with van der Waals surface area (Å²) in [4.78, 5) is 0. The fourth-order valence-electron chi connectivity index (χ4n) is 0.857. The van der Waals surface area contributed by atoms with E-state index < -0.39 is 16.0 Å². The summed E-state index contributed by atoms with van der Waals surface area (Å²) in [7, 11) is -3.83. The van der Waals surface area contributed by atoms with Gasteiger partial charge in [0, 0.05) is 0 Å². The van der Waals surface area contributed by atoms with Crippen molar-refractivity contribution in [1.29, 1.82) is 0 Å². The molecule has 1 aromatic rings. The molecule has 0 spiro atoms. The number of aryl methyl sites for hydroxylation is 1. The number of anilines is 1. The second kappa shape index (κ2) is 3.31. The van der Waals surface area contributed by atoms with Gasteiger partial charge >= 0.3 is 0 Å². The van der Waals surface area contributed by atoms with E-state index in [9.17, 15) is 12.8 Å². The minimum absolute atomic E-state index is 0.155. The monoisotopic (exact) mass is 204 g/mol. The molecular formula is C7H9FN2O2S. The molecule has 0 saturated heterocycles. The Kier molecular flexibility index (Phi) is 2.53. The third-order valence-corrected chi connectivity index (χ3v) is 1.96. The molecule has 0 heterocycles. The molecule has 0 unspecified atom stereocenters. The molecule has 0 saturated carbocycles. The summed E-state index contributed by atoms with van der Waals surface area (Å²) >= 11 is 0. The van der Waals surface area contributed by atoms with E-state index in [2.05, 4.69) is 0 Å². The van der Waals surface area contributed by atoms with Crippen molar-refractivity contribution >= 4 is 15.9 Å².